The summed E-state index contributed by atoms with van der Waals surface area (Å²) < 4.78 is 75.8. The van der Waals surface area contributed by atoms with Crippen LogP contribution in [0.4, 0.5) is 22.0 Å². The van der Waals surface area contributed by atoms with Gasteiger partial charge in [-0.2, -0.15) is 0 Å². The van der Waals surface area contributed by atoms with E-state index < -0.39 is 52.1 Å². The van der Waals surface area contributed by atoms with Gasteiger partial charge in [-0.3, -0.25) is 0 Å². The number of rotatable bonds is 5. The standard InChI is InChI=1S/C13H11F5O4/c1-3-21-12(19)6(13(20)22-4-2)5-7(14)9(16)11(18)10(17)8(5)15/h19H,3-4H2,1-2H3/b12-6-. The second-order valence-corrected chi connectivity index (χ2v) is 3.78. The number of benzene rings is 1. The van der Waals surface area contributed by atoms with Crippen molar-refractivity contribution in [1.82, 2.24) is 0 Å². The van der Waals surface area contributed by atoms with Crippen LogP contribution in [0.15, 0.2) is 5.95 Å². The number of carbonyl (C=O) groups excluding carboxylic acids is 1. The minimum absolute atomic E-state index is 0.232. The van der Waals surface area contributed by atoms with Gasteiger partial charge in [-0.25, -0.2) is 26.7 Å². The second kappa shape index (κ2) is 7.10. The maximum atomic E-state index is 13.7. The molecular weight excluding hydrogens is 315 g/mol. The zero-order valence-corrected chi connectivity index (χ0v) is 11.5. The highest BCUT2D eigenvalue weighted by atomic mass is 19.2. The SMILES string of the molecule is CCOC(=O)/C(=C(/O)OCC)c1c(F)c(F)c(F)c(F)c1F. The molecule has 9 heteroatoms. The van der Waals surface area contributed by atoms with Gasteiger partial charge in [0.2, 0.25) is 5.82 Å². The van der Waals surface area contributed by atoms with Gasteiger partial charge in [0, 0.05) is 0 Å². The molecular formula is C13H11F5O4. The Hall–Kier alpha value is -2.32. The molecule has 4 nitrogen and oxygen atoms in total. The Bertz CT molecular complexity index is 598. The third-order valence-electron chi connectivity index (χ3n) is 2.43. The van der Waals surface area contributed by atoms with Gasteiger partial charge < -0.3 is 14.6 Å². The topological polar surface area (TPSA) is 55.8 Å². The fraction of sp³-hybridized carbons (Fsp3) is 0.308. The number of aliphatic hydroxyl groups is 1. The van der Waals surface area contributed by atoms with Crippen LogP contribution in [0.3, 0.4) is 0 Å². The summed E-state index contributed by atoms with van der Waals surface area (Å²) in [5.74, 6) is -14.3. The number of ether oxygens (including phenoxy) is 2. The minimum Gasteiger partial charge on any atom is -0.480 e. The van der Waals surface area contributed by atoms with Gasteiger partial charge in [0.1, 0.15) is 0 Å². The van der Waals surface area contributed by atoms with Crippen LogP contribution < -0.4 is 0 Å². The molecule has 0 aliphatic heterocycles. The molecule has 1 rings (SSSR count). The lowest BCUT2D eigenvalue weighted by atomic mass is 10.0. The van der Waals surface area contributed by atoms with Gasteiger partial charge in [-0.1, -0.05) is 0 Å². The summed E-state index contributed by atoms with van der Waals surface area (Å²) in [4.78, 5) is 11.7. The molecule has 0 saturated carbocycles. The van der Waals surface area contributed by atoms with Crippen molar-refractivity contribution in [2.45, 2.75) is 13.8 Å². The van der Waals surface area contributed by atoms with Crippen molar-refractivity contribution in [3.63, 3.8) is 0 Å². The third kappa shape index (κ3) is 3.12. The molecule has 1 N–H and O–H groups in total. The molecule has 0 aromatic heterocycles. The first kappa shape index (κ1) is 17.7. The molecule has 0 aliphatic carbocycles. The van der Waals surface area contributed by atoms with E-state index in [1.54, 1.807) is 0 Å². The molecule has 0 unspecified atom stereocenters. The number of hydrogen-bond acceptors (Lipinski definition) is 4. The van der Waals surface area contributed by atoms with Gasteiger partial charge in [-0.05, 0) is 13.8 Å². The summed E-state index contributed by atoms with van der Waals surface area (Å²) in [6.45, 7) is 2.20. The largest absolute Gasteiger partial charge is 0.480 e. The summed E-state index contributed by atoms with van der Waals surface area (Å²) in [6.07, 6.45) is 0. The lowest BCUT2D eigenvalue weighted by Gasteiger charge is -2.13. The number of hydrogen-bond donors (Lipinski definition) is 1. The molecule has 0 saturated heterocycles. The fourth-order valence-electron chi connectivity index (χ4n) is 1.53. The molecule has 0 amide bonds. The average molecular weight is 326 g/mol. The van der Waals surface area contributed by atoms with Gasteiger partial charge >= 0.3 is 5.97 Å². The Kier molecular flexibility index (Phi) is 5.72. The highest BCUT2D eigenvalue weighted by Crippen LogP contribution is 2.30. The highest BCUT2D eigenvalue weighted by Gasteiger charge is 2.33. The van der Waals surface area contributed by atoms with Gasteiger partial charge in [0.05, 0.1) is 18.8 Å². The van der Waals surface area contributed by atoms with Crippen molar-refractivity contribution in [3.8, 4) is 0 Å². The maximum Gasteiger partial charge on any atom is 0.346 e. The van der Waals surface area contributed by atoms with E-state index in [-0.39, 0.29) is 13.2 Å². The number of aliphatic hydroxyl groups excluding tert-OH is 1. The quantitative estimate of drug-likeness (QED) is 0.225. The maximum absolute atomic E-state index is 13.7. The summed E-state index contributed by atoms with van der Waals surface area (Å²) in [5.41, 5.74) is -2.92. The van der Waals surface area contributed by atoms with Gasteiger partial charge in [0.15, 0.2) is 28.8 Å². The van der Waals surface area contributed by atoms with Crippen molar-refractivity contribution < 1.29 is 41.3 Å². The van der Waals surface area contributed by atoms with E-state index in [1.165, 1.54) is 13.8 Å². The summed E-state index contributed by atoms with van der Waals surface area (Å²) >= 11 is 0. The first-order valence-corrected chi connectivity index (χ1v) is 6.02. The monoisotopic (exact) mass is 326 g/mol. The van der Waals surface area contributed by atoms with Crippen LogP contribution in [0.1, 0.15) is 19.4 Å². The number of carbonyl (C=O) groups is 1. The Morgan fingerprint density at radius 3 is 1.68 bits per heavy atom. The van der Waals surface area contributed by atoms with Gasteiger partial charge in [0.25, 0.3) is 5.95 Å². The lowest BCUT2D eigenvalue weighted by molar-refractivity contribution is -0.136. The Labute approximate surface area is 121 Å². The average Bonchev–Trinajstić information content (AvgIpc) is 2.47. The molecule has 22 heavy (non-hydrogen) atoms. The fourth-order valence-corrected chi connectivity index (χ4v) is 1.53. The summed E-state index contributed by atoms with van der Waals surface area (Å²) in [7, 11) is 0. The smallest absolute Gasteiger partial charge is 0.346 e. The molecule has 0 aliphatic rings. The predicted octanol–water partition coefficient (Wildman–Crippen LogP) is 3.21. The van der Waals surface area contributed by atoms with Crippen molar-refractivity contribution in [3.05, 3.63) is 40.6 Å². The molecule has 0 heterocycles. The van der Waals surface area contributed by atoms with Crippen LogP contribution in [0.25, 0.3) is 5.57 Å². The number of halogens is 5. The Balaban J connectivity index is 3.71. The minimum atomic E-state index is -2.39. The Morgan fingerprint density at radius 1 is 0.864 bits per heavy atom. The highest BCUT2D eigenvalue weighted by molar-refractivity contribution is 6.17. The normalized spacial score (nSPS) is 12.0. The summed E-state index contributed by atoms with van der Waals surface area (Å²) in [5, 5.41) is 9.54. The predicted molar refractivity (Wildman–Crippen MR) is 64.0 cm³/mol. The van der Waals surface area contributed by atoms with E-state index in [9.17, 15) is 31.9 Å². The second-order valence-electron chi connectivity index (χ2n) is 3.78. The van der Waals surface area contributed by atoms with Crippen molar-refractivity contribution in [1.29, 1.82) is 0 Å². The Morgan fingerprint density at radius 2 is 1.27 bits per heavy atom. The molecule has 0 radical (unpaired) electrons. The summed E-state index contributed by atoms with van der Waals surface area (Å²) in [6, 6.07) is 0. The number of esters is 1. The molecule has 1 aromatic rings. The van der Waals surface area contributed by atoms with E-state index in [4.69, 9.17) is 0 Å². The third-order valence-corrected chi connectivity index (χ3v) is 2.43. The van der Waals surface area contributed by atoms with Crippen LogP contribution in [0, 0.1) is 29.1 Å². The van der Waals surface area contributed by atoms with Crippen molar-refractivity contribution in [2.75, 3.05) is 13.2 Å². The lowest BCUT2D eigenvalue weighted by Crippen LogP contribution is -2.16. The first-order chi connectivity index (χ1) is 10.3. The van der Waals surface area contributed by atoms with Crippen molar-refractivity contribution in [2.24, 2.45) is 0 Å². The molecule has 0 spiro atoms. The molecule has 1 aromatic carbocycles. The van der Waals surface area contributed by atoms with Crippen LogP contribution in [0.5, 0.6) is 0 Å². The van der Waals surface area contributed by atoms with Crippen LogP contribution in [-0.2, 0) is 14.3 Å². The molecule has 0 bridgehead atoms. The van der Waals surface area contributed by atoms with Gasteiger partial charge in [-0.15, -0.1) is 0 Å². The first-order valence-electron chi connectivity index (χ1n) is 6.02. The zero-order valence-electron chi connectivity index (χ0n) is 11.5. The van der Waals surface area contributed by atoms with E-state index in [0.29, 0.717) is 0 Å². The van der Waals surface area contributed by atoms with Crippen LogP contribution in [0.2, 0.25) is 0 Å². The van der Waals surface area contributed by atoms with Crippen LogP contribution in [-0.4, -0.2) is 24.3 Å². The molecule has 0 atom stereocenters. The van der Waals surface area contributed by atoms with E-state index >= 15 is 0 Å². The molecule has 0 fully saturated rings. The van der Waals surface area contributed by atoms with Crippen LogP contribution >= 0.6 is 0 Å². The molecule has 122 valence electrons. The zero-order chi connectivity index (χ0) is 17.0. The van der Waals surface area contributed by atoms with E-state index in [0.717, 1.165) is 0 Å². The van der Waals surface area contributed by atoms with E-state index in [2.05, 4.69) is 9.47 Å². The van der Waals surface area contributed by atoms with Crippen molar-refractivity contribution >= 4 is 11.5 Å². The van der Waals surface area contributed by atoms with E-state index in [1.807, 2.05) is 0 Å².